The van der Waals surface area contributed by atoms with Gasteiger partial charge in [0.25, 0.3) is 0 Å². The van der Waals surface area contributed by atoms with Crippen LogP contribution in [-0.4, -0.2) is 36.6 Å². The third-order valence-electron chi connectivity index (χ3n) is 1.55. The van der Waals surface area contributed by atoms with Crippen molar-refractivity contribution in [2.75, 3.05) is 26.4 Å². The number of benzene rings is 1. The van der Waals surface area contributed by atoms with E-state index in [9.17, 15) is 0 Å². The number of ether oxygens (including phenoxy) is 2. The number of aliphatic hydroxyl groups excluding tert-OH is 1. The Balaban J connectivity index is 2.18. The highest BCUT2D eigenvalue weighted by molar-refractivity contribution is 5.31. The Hall–Kier alpha value is -1.26. The molecule has 0 aromatic heterocycles. The van der Waals surface area contributed by atoms with Crippen molar-refractivity contribution in [2.45, 2.75) is 0 Å². The van der Waals surface area contributed by atoms with Crippen LogP contribution in [0.5, 0.6) is 11.5 Å². The van der Waals surface area contributed by atoms with Crippen molar-refractivity contribution in [3.8, 4) is 11.5 Å². The van der Waals surface area contributed by atoms with Crippen molar-refractivity contribution in [2.24, 2.45) is 0 Å². The van der Waals surface area contributed by atoms with E-state index in [1.165, 1.54) is 6.07 Å². The average Bonchev–Trinajstić information content (AvgIpc) is 2.18. The highest BCUT2D eigenvalue weighted by atomic mass is 16.5. The number of aromatic hydroxyl groups is 1. The molecule has 4 nitrogen and oxygen atoms in total. The summed E-state index contributed by atoms with van der Waals surface area (Å²) in [6, 6.07) is 6.58. The topological polar surface area (TPSA) is 58.9 Å². The lowest BCUT2D eigenvalue weighted by molar-refractivity contribution is 0.0705. The highest BCUT2D eigenvalue weighted by Crippen LogP contribution is 2.17. The van der Waals surface area contributed by atoms with Crippen molar-refractivity contribution >= 4 is 0 Å². The van der Waals surface area contributed by atoms with E-state index in [4.69, 9.17) is 19.7 Å². The molecule has 0 amide bonds. The molecule has 1 aromatic carbocycles. The minimum absolute atomic E-state index is 0.0200. The molecule has 14 heavy (non-hydrogen) atoms. The summed E-state index contributed by atoms with van der Waals surface area (Å²) in [6.07, 6.45) is 0. The van der Waals surface area contributed by atoms with E-state index in [-0.39, 0.29) is 12.4 Å². The zero-order chi connectivity index (χ0) is 10.2. The molecule has 0 heterocycles. The number of rotatable bonds is 6. The van der Waals surface area contributed by atoms with E-state index in [1.807, 2.05) is 0 Å². The number of aliphatic hydroxyl groups is 1. The summed E-state index contributed by atoms with van der Waals surface area (Å²) in [5, 5.41) is 17.5. The standard InChI is InChI=1S/C10H14O4/c11-4-5-13-6-7-14-10-3-1-2-9(12)8-10/h1-3,8,11-12H,4-7H2. The van der Waals surface area contributed by atoms with Crippen LogP contribution in [0.4, 0.5) is 0 Å². The second-order valence-corrected chi connectivity index (χ2v) is 2.68. The maximum Gasteiger partial charge on any atom is 0.123 e. The van der Waals surface area contributed by atoms with Gasteiger partial charge in [0, 0.05) is 6.07 Å². The molecule has 0 fully saturated rings. The van der Waals surface area contributed by atoms with Crippen LogP contribution in [-0.2, 0) is 4.74 Å². The molecule has 0 saturated carbocycles. The molecule has 0 radical (unpaired) electrons. The van der Waals surface area contributed by atoms with Crippen LogP contribution < -0.4 is 4.74 Å². The number of phenols is 1. The first-order chi connectivity index (χ1) is 6.83. The van der Waals surface area contributed by atoms with Crippen molar-refractivity contribution in [3.05, 3.63) is 24.3 Å². The van der Waals surface area contributed by atoms with E-state index in [0.29, 0.717) is 25.6 Å². The van der Waals surface area contributed by atoms with E-state index >= 15 is 0 Å². The second-order valence-electron chi connectivity index (χ2n) is 2.68. The van der Waals surface area contributed by atoms with Gasteiger partial charge in [0.2, 0.25) is 0 Å². The lowest BCUT2D eigenvalue weighted by atomic mass is 10.3. The molecule has 78 valence electrons. The number of phenolic OH excluding ortho intramolecular Hbond substituents is 1. The van der Waals surface area contributed by atoms with Gasteiger partial charge in [0.05, 0.1) is 19.8 Å². The second kappa shape index (κ2) is 6.23. The fraction of sp³-hybridized carbons (Fsp3) is 0.400. The van der Waals surface area contributed by atoms with Gasteiger partial charge in [-0.2, -0.15) is 0 Å². The zero-order valence-corrected chi connectivity index (χ0v) is 7.85. The average molecular weight is 198 g/mol. The maximum atomic E-state index is 9.11. The Labute approximate surface area is 82.7 Å². The molecule has 1 rings (SSSR count). The van der Waals surface area contributed by atoms with Gasteiger partial charge < -0.3 is 19.7 Å². The van der Waals surface area contributed by atoms with Crippen molar-refractivity contribution in [1.29, 1.82) is 0 Å². The molecule has 2 N–H and O–H groups in total. The first-order valence-electron chi connectivity index (χ1n) is 4.43. The molecule has 0 aliphatic rings. The summed E-state index contributed by atoms with van der Waals surface area (Å²) in [7, 11) is 0. The van der Waals surface area contributed by atoms with Gasteiger partial charge in [-0.15, -0.1) is 0 Å². The minimum Gasteiger partial charge on any atom is -0.508 e. The predicted octanol–water partition coefficient (Wildman–Crippen LogP) is 0.780. The van der Waals surface area contributed by atoms with Crippen molar-refractivity contribution in [3.63, 3.8) is 0 Å². The third-order valence-corrected chi connectivity index (χ3v) is 1.55. The molecule has 1 aromatic rings. The first kappa shape index (κ1) is 10.8. The van der Waals surface area contributed by atoms with Gasteiger partial charge in [0.1, 0.15) is 18.1 Å². The van der Waals surface area contributed by atoms with Crippen LogP contribution in [0.1, 0.15) is 0 Å². The Kier molecular flexibility index (Phi) is 4.82. The predicted molar refractivity (Wildman–Crippen MR) is 51.5 cm³/mol. The summed E-state index contributed by atoms with van der Waals surface area (Å²) >= 11 is 0. The molecular formula is C10H14O4. The summed E-state index contributed by atoms with van der Waals surface area (Å²) in [5.74, 6) is 0.788. The van der Waals surface area contributed by atoms with Crippen LogP contribution in [0.2, 0.25) is 0 Å². The lowest BCUT2D eigenvalue weighted by Gasteiger charge is -2.06. The van der Waals surface area contributed by atoms with E-state index < -0.39 is 0 Å². The maximum absolute atomic E-state index is 9.11. The Morgan fingerprint density at radius 2 is 2.00 bits per heavy atom. The fourth-order valence-electron chi connectivity index (χ4n) is 0.958. The molecule has 0 unspecified atom stereocenters. The molecule has 0 spiro atoms. The quantitative estimate of drug-likeness (QED) is 0.663. The van der Waals surface area contributed by atoms with E-state index in [2.05, 4.69) is 0 Å². The van der Waals surface area contributed by atoms with E-state index in [0.717, 1.165) is 0 Å². The van der Waals surface area contributed by atoms with Gasteiger partial charge in [0.15, 0.2) is 0 Å². The SMILES string of the molecule is OCCOCCOc1cccc(O)c1. The normalized spacial score (nSPS) is 10.1. The van der Waals surface area contributed by atoms with Gasteiger partial charge in [-0.05, 0) is 12.1 Å². The van der Waals surface area contributed by atoms with Crippen molar-refractivity contribution in [1.82, 2.24) is 0 Å². The summed E-state index contributed by atoms with van der Waals surface area (Å²) in [4.78, 5) is 0. The van der Waals surface area contributed by atoms with Gasteiger partial charge in [-0.1, -0.05) is 6.07 Å². The van der Waals surface area contributed by atoms with Crippen molar-refractivity contribution < 1.29 is 19.7 Å². The van der Waals surface area contributed by atoms with Gasteiger partial charge in [-0.3, -0.25) is 0 Å². The molecule has 0 saturated heterocycles. The summed E-state index contributed by atoms with van der Waals surface area (Å²) in [5.41, 5.74) is 0. The van der Waals surface area contributed by atoms with Crippen LogP contribution in [0.15, 0.2) is 24.3 Å². The monoisotopic (exact) mass is 198 g/mol. The molecule has 0 atom stereocenters. The summed E-state index contributed by atoms with van der Waals surface area (Å²) < 4.78 is 10.3. The molecule has 4 heteroatoms. The number of hydrogen-bond donors (Lipinski definition) is 2. The van der Waals surface area contributed by atoms with Crippen LogP contribution in [0, 0.1) is 0 Å². The highest BCUT2D eigenvalue weighted by Gasteiger charge is 1.94. The smallest absolute Gasteiger partial charge is 0.123 e. The molecular weight excluding hydrogens is 184 g/mol. The largest absolute Gasteiger partial charge is 0.508 e. The molecule has 0 bridgehead atoms. The Morgan fingerprint density at radius 3 is 2.71 bits per heavy atom. The number of hydrogen-bond acceptors (Lipinski definition) is 4. The summed E-state index contributed by atoms with van der Waals surface area (Å²) in [6.45, 7) is 1.18. The van der Waals surface area contributed by atoms with Gasteiger partial charge >= 0.3 is 0 Å². The zero-order valence-electron chi connectivity index (χ0n) is 7.85. The Morgan fingerprint density at radius 1 is 1.14 bits per heavy atom. The first-order valence-corrected chi connectivity index (χ1v) is 4.43. The lowest BCUT2D eigenvalue weighted by Crippen LogP contribution is -2.08. The van der Waals surface area contributed by atoms with Crippen LogP contribution in [0.3, 0.4) is 0 Å². The van der Waals surface area contributed by atoms with E-state index in [1.54, 1.807) is 18.2 Å². The third kappa shape index (κ3) is 4.11. The molecule has 0 aliphatic heterocycles. The van der Waals surface area contributed by atoms with Crippen LogP contribution >= 0.6 is 0 Å². The Bertz CT molecular complexity index is 262. The van der Waals surface area contributed by atoms with Gasteiger partial charge in [-0.25, -0.2) is 0 Å². The minimum atomic E-state index is 0.0200. The van der Waals surface area contributed by atoms with Crippen LogP contribution in [0.25, 0.3) is 0 Å². The fourth-order valence-corrected chi connectivity index (χ4v) is 0.958. The molecule has 0 aliphatic carbocycles.